The number of benzene rings is 1. The lowest BCUT2D eigenvalue weighted by Crippen LogP contribution is -1.98. The summed E-state index contributed by atoms with van der Waals surface area (Å²) in [6.45, 7) is 6.84. The van der Waals surface area contributed by atoms with Gasteiger partial charge in [-0.05, 0) is 44.5 Å². The van der Waals surface area contributed by atoms with Gasteiger partial charge in [0, 0.05) is 12.8 Å². The van der Waals surface area contributed by atoms with Crippen molar-refractivity contribution < 1.29 is 9.84 Å². The van der Waals surface area contributed by atoms with E-state index in [1.165, 1.54) is 7.11 Å². The van der Waals surface area contributed by atoms with Crippen LogP contribution in [0.2, 0.25) is 0 Å². The molecule has 20 heavy (non-hydrogen) atoms. The third kappa shape index (κ3) is 2.66. The van der Waals surface area contributed by atoms with Gasteiger partial charge < -0.3 is 9.84 Å². The number of rotatable bonds is 4. The van der Waals surface area contributed by atoms with Gasteiger partial charge in [0.05, 0.1) is 18.5 Å². The molecule has 0 aliphatic heterocycles. The summed E-state index contributed by atoms with van der Waals surface area (Å²) in [6, 6.07) is 5.12. The van der Waals surface area contributed by atoms with E-state index < -0.39 is 0 Å². The van der Waals surface area contributed by atoms with Crippen LogP contribution in [0.3, 0.4) is 0 Å². The molecule has 0 unspecified atom stereocenters. The van der Waals surface area contributed by atoms with Gasteiger partial charge >= 0.3 is 0 Å². The third-order valence-corrected chi connectivity index (χ3v) is 3.19. The Kier molecular flexibility index (Phi) is 4.08. The third-order valence-electron chi connectivity index (χ3n) is 3.19. The molecule has 0 saturated carbocycles. The molecule has 0 bridgehead atoms. The van der Waals surface area contributed by atoms with E-state index in [-0.39, 0.29) is 5.75 Å². The first-order valence-electron chi connectivity index (χ1n) is 6.52. The number of aliphatic imine (C=N–C) groups is 1. The van der Waals surface area contributed by atoms with Crippen LogP contribution in [0, 0.1) is 13.8 Å². The van der Waals surface area contributed by atoms with E-state index in [9.17, 15) is 5.11 Å². The van der Waals surface area contributed by atoms with E-state index in [0.29, 0.717) is 5.75 Å². The molecule has 0 aliphatic carbocycles. The number of hydrogen-bond donors (Lipinski definition) is 1. The van der Waals surface area contributed by atoms with Crippen LogP contribution in [0.25, 0.3) is 0 Å². The molecular weight excluding hydrogens is 254 g/mol. The van der Waals surface area contributed by atoms with E-state index in [4.69, 9.17) is 4.74 Å². The van der Waals surface area contributed by atoms with Gasteiger partial charge in [-0.15, -0.1) is 0 Å². The molecule has 106 valence electrons. The Hall–Kier alpha value is -2.30. The van der Waals surface area contributed by atoms with Crippen LogP contribution in [0.1, 0.15) is 23.9 Å². The number of methoxy groups -OCH3 is 1. The minimum Gasteiger partial charge on any atom is -0.504 e. The summed E-state index contributed by atoms with van der Waals surface area (Å²) in [5.41, 5.74) is 3.71. The number of nitrogens with zero attached hydrogens (tertiary/aromatic N) is 3. The quantitative estimate of drug-likeness (QED) is 0.871. The van der Waals surface area contributed by atoms with Gasteiger partial charge in [0.1, 0.15) is 5.69 Å². The maximum atomic E-state index is 9.56. The van der Waals surface area contributed by atoms with Crippen LogP contribution < -0.4 is 4.74 Å². The molecule has 0 radical (unpaired) electrons. The molecule has 2 rings (SSSR count). The van der Waals surface area contributed by atoms with Crippen molar-refractivity contribution in [2.24, 2.45) is 4.99 Å². The molecule has 0 amide bonds. The SMILES string of the molecule is CCn1nc(C)c(N=Cc2ccc(O)c(OC)c2)c1C. The van der Waals surface area contributed by atoms with E-state index in [1.807, 2.05) is 18.5 Å². The number of aryl methyl sites for hydroxylation is 2. The lowest BCUT2D eigenvalue weighted by Gasteiger charge is -2.03. The molecule has 0 atom stereocenters. The van der Waals surface area contributed by atoms with Gasteiger partial charge in [-0.1, -0.05) is 0 Å². The summed E-state index contributed by atoms with van der Waals surface area (Å²) in [5, 5.41) is 14.0. The van der Waals surface area contributed by atoms with Crippen molar-refractivity contribution in [1.82, 2.24) is 9.78 Å². The summed E-state index contributed by atoms with van der Waals surface area (Å²) < 4.78 is 7.01. The molecule has 0 fully saturated rings. The fraction of sp³-hybridized carbons (Fsp3) is 0.333. The maximum absolute atomic E-state index is 9.56. The Bertz CT molecular complexity index is 645. The van der Waals surface area contributed by atoms with E-state index in [0.717, 1.165) is 29.2 Å². The fourth-order valence-electron chi connectivity index (χ4n) is 2.10. The van der Waals surface area contributed by atoms with Crippen molar-refractivity contribution in [3.63, 3.8) is 0 Å². The first-order valence-corrected chi connectivity index (χ1v) is 6.52. The lowest BCUT2D eigenvalue weighted by atomic mass is 10.2. The predicted octanol–water partition coefficient (Wildman–Crippen LogP) is 2.98. The highest BCUT2D eigenvalue weighted by atomic mass is 16.5. The second-order valence-corrected chi connectivity index (χ2v) is 4.52. The van der Waals surface area contributed by atoms with E-state index in [1.54, 1.807) is 24.4 Å². The van der Waals surface area contributed by atoms with Crippen LogP contribution in [0.15, 0.2) is 23.2 Å². The fourth-order valence-corrected chi connectivity index (χ4v) is 2.10. The van der Waals surface area contributed by atoms with Crippen molar-refractivity contribution in [3.8, 4) is 11.5 Å². The molecule has 2 aromatic rings. The summed E-state index contributed by atoms with van der Waals surface area (Å²) >= 11 is 0. The van der Waals surface area contributed by atoms with E-state index >= 15 is 0 Å². The van der Waals surface area contributed by atoms with Crippen molar-refractivity contribution in [2.75, 3.05) is 7.11 Å². The number of hydrogen-bond acceptors (Lipinski definition) is 4. The van der Waals surface area contributed by atoms with Crippen LogP contribution >= 0.6 is 0 Å². The zero-order valence-corrected chi connectivity index (χ0v) is 12.2. The van der Waals surface area contributed by atoms with Crippen molar-refractivity contribution in [2.45, 2.75) is 27.3 Å². The van der Waals surface area contributed by atoms with Crippen LogP contribution in [0.4, 0.5) is 5.69 Å². The molecule has 1 N–H and O–H groups in total. The monoisotopic (exact) mass is 273 g/mol. The maximum Gasteiger partial charge on any atom is 0.161 e. The Labute approximate surface area is 118 Å². The summed E-state index contributed by atoms with van der Waals surface area (Å²) in [6.07, 6.45) is 1.75. The zero-order chi connectivity index (χ0) is 14.7. The minimum absolute atomic E-state index is 0.121. The first kappa shape index (κ1) is 14.1. The smallest absolute Gasteiger partial charge is 0.161 e. The molecule has 0 saturated heterocycles. The predicted molar refractivity (Wildman–Crippen MR) is 79.3 cm³/mol. The lowest BCUT2D eigenvalue weighted by molar-refractivity contribution is 0.373. The average Bonchev–Trinajstić information content (AvgIpc) is 2.72. The molecule has 5 heteroatoms. The van der Waals surface area contributed by atoms with E-state index in [2.05, 4.69) is 17.0 Å². The number of phenolic OH excluding ortho intramolecular Hbond substituents is 1. The Morgan fingerprint density at radius 1 is 1.40 bits per heavy atom. The van der Waals surface area contributed by atoms with Gasteiger partial charge in [0.25, 0.3) is 0 Å². The number of ether oxygens (including phenoxy) is 1. The van der Waals surface area contributed by atoms with Gasteiger partial charge in [-0.3, -0.25) is 9.67 Å². The van der Waals surface area contributed by atoms with Crippen molar-refractivity contribution in [3.05, 3.63) is 35.2 Å². The van der Waals surface area contributed by atoms with Gasteiger partial charge in [0.15, 0.2) is 11.5 Å². The Morgan fingerprint density at radius 2 is 2.15 bits per heavy atom. The molecular formula is C15H19N3O2. The Morgan fingerprint density at radius 3 is 2.75 bits per heavy atom. The zero-order valence-electron chi connectivity index (χ0n) is 12.2. The minimum atomic E-state index is 0.121. The average molecular weight is 273 g/mol. The van der Waals surface area contributed by atoms with Crippen molar-refractivity contribution in [1.29, 1.82) is 0 Å². The van der Waals surface area contributed by atoms with Gasteiger partial charge in [-0.25, -0.2) is 0 Å². The highest BCUT2D eigenvalue weighted by molar-refractivity contribution is 5.83. The van der Waals surface area contributed by atoms with Crippen LogP contribution in [0.5, 0.6) is 11.5 Å². The molecule has 1 heterocycles. The highest BCUT2D eigenvalue weighted by Crippen LogP contribution is 2.27. The number of phenols is 1. The second kappa shape index (κ2) is 5.77. The molecule has 1 aromatic heterocycles. The summed E-state index contributed by atoms with van der Waals surface area (Å²) in [7, 11) is 1.52. The van der Waals surface area contributed by atoms with Gasteiger partial charge in [0.2, 0.25) is 0 Å². The summed E-state index contributed by atoms with van der Waals surface area (Å²) in [5.74, 6) is 0.558. The normalized spacial score (nSPS) is 11.2. The standard InChI is InChI=1S/C15H19N3O2/c1-5-18-11(3)15(10(2)17-18)16-9-12-6-7-13(19)14(8-12)20-4/h6-9,19H,5H2,1-4H3. The topological polar surface area (TPSA) is 59.6 Å². The molecule has 5 nitrogen and oxygen atoms in total. The molecule has 0 aliphatic rings. The number of aromatic hydroxyl groups is 1. The molecule has 1 aromatic carbocycles. The largest absolute Gasteiger partial charge is 0.504 e. The second-order valence-electron chi connectivity index (χ2n) is 4.52. The van der Waals surface area contributed by atoms with Crippen LogP contribution in [-0.2, 0) is 6.54 Å². The molecule has 0 spiro atoms. The summed E-state index contributed by atoms with van der Waals surface area (Å²) in [4.78, 5) is 4.50. The van der Waals surface area contributed by atoms with Gasteiger partial charge in [-0.2, -0.15) is 5.10 Å². The highest BCUT2D eigenvalue weighted by Gasteiger charge is 2.09. The Balaban J connectivity index is 2.32. The number of aromatic nitrogens is 2. The van der Waals surface area contributed by atoms with Crippen LogP contribution in [-0.4, -0.2) is 28.2 Å². The first-order chi connectivity index (χ1) is 9.56. The van der Waals surface area contributed by atoms with Crippen molar-refractivity contribution >= 4 is 11.9 Å².